The number of benzene rings is 4. The van der Waals surface area contributed by atoms with Crippen molar-refractivity contribution < 1.29 is 44.6 Å². The third kappa shape index (κ3) is 4.00. The average Bonchev–Trinajstić information content (AvgIpc) is 2.90. The molecule has 0 atom stereocenters. The molecule has 204 valence electrons. The fourth-order valence-corrected chi connectivity index (χ4v) is 4.68. The molecule has 0 bridgehead atoms. The molecular formula is C30H18O11. The summed E-state index contributed by atoms with van der Waals surface area (Å²) in [6, 6.07) is 13.2. The lowest BCUT2D eigenvalue weighted by molar-refractivity contribution is 0.404. The van der Waals surface area contributed by atoms with E-state index in [1.54, 1.807) is 0 Å². The van der Waals surface area contributed by atoms with Gasteiger partial charge in [0.15, 0.2) is 16.9 Å². The largest absolute Gasteiger partial charge is 0.508 e. The van der Waals surface area contributed by atoms with Gasteiger partial charge in [0.2, 0.25) is 5.43 Å². The molecular weight excluding hydrogens is 536 g/mol. The van der Waals surface area contributed by atoms with Crippen LogP contribution in [0.5, 0.6) is 40.2 Å². The van der Waals surface area contributed by atoms with E-state index in [4.69, 9.17) is 8.83 Å². The first-order valence-corrected chi connectivity index (χ1v) is 11.9. The van der Waals surface area contributed by atoms with E-state index in [1.165, 1.54) is 36.4 Å². The maximum atomic E-state index is 13.8. The zero-order valence-electron chi connectivity index (χ0n) is 20.6. The molecule has 41 heavy (non-hydrogen) atoms. The number of rotatable bonds is 3. The minimum atomic E-state index is -0.905. The van der Waals surface area contributed by atoms with Crippen LogP contribution in [0.25, 0.3) is 55.7 Å². The average molecular weight is 554 g/mol. The van der Waals surface area contributed by atoms with Crippen LogP contribution in [-0.2, 0) is 0 Å². The third-order valence-electron chi connectivity index (χ3n) is 6.57. The Bertz CT molecular complexity index is 2160. The molecule has 0 aliphatic rings. The van der Waals surface area contributed by atoms with Crippen LogP contribution in [0.3, 0.4) is 0 Å². The number of aromatic hydroxyl groups is 7. The van der Waals surface area contributed by atoms with Gasteiger partial charge >= 0.3 is 0 Å². The second kappa shape index (κ2) is 8.99. The molecule has 0 saturated carbocycles. The molecule has 2 heterocycles. The molecule has 0 aliphatic carbocycles. The summed E-state index contributed by atoms with van der Waals surface area (Å²) < 4.78 is 11.6. The summed E-state index contributed by atoms with van der Waals surface area (Å²) in [5.41, 5.74) is -2.63. The molecule has 2 aromatic heterocycles. The van der Waals surface area contributed by atoms with E-state index < -0.39 is 61.9 Å². The molecule has 6 rings (SSSR count). The highest BCUT2D eigenvalue weighted by Crippen LogP contribution is 2.46. The number of fused-ring (bicyclic) bond motifs is 2. The van der Waals surface area contributed by atoms with Crippen molar-refractivity contribution in [1.29, 1.82) is 0 Å². The van der Waals surface area contributed by atoms with Gasteiger partial charge < -0.3 is 44.6 Å². The van der Waals surface area contributed by atoms with Crippen LogP contribution >= 0.6 is 0 Å². The normalized spacial score (nSPS) is 11.3. The van der Waals surface area contributed by atoms with Crippen molar-refractivity contribution in [2.45, 2.75) is 0 Å². The van der Waals surface area contributed by atoms with Crippen molar-refractivity contribution >= 4 is 21.9 Å². The van der Waals surface area contributed by atoms with Gasteiger partial charge in [0.1, 0.15) is 62.2 Å². The first-order valence-electron chi connectivity index (χ1n) is 11.9. The van der Waals surface area contributed by atoms with Crippen molar-refractivity contribution in [3.8, 4) is 74.0 Å². The molecule has 11 nitrogen and oxygen atoms in total. The number of hydrogen-bond donors (Lipinski definition) is 7. The van der Waals surface area contributed by atoms with E-state index in [-0.39, 0.29) is 44.9 Å². The third-order valence-corrected chi connectivity index (χ3v) is 6.57. The molecule has 0 aliphatic heterocycles. The SMILES string of the molecule is O=c1cc(-c2ccc(O)c(O)c2)oc2cc(O)c(-c3c(-c4ccc(O)cc4)oc4cc(O)cc(O)c4c3=O)c(O)c12. The van der Waals surface area contributed by atoms with Crippen LogP contribution in [0, 0.1) is 0 Å². The van der Waals surface area contributed by atoms with E-state index in [1.807, 2.05) is 0 Å². The van der Waals surface area contributed by atoms with Crippen LogP contribution in [0.15, 0.2) is 85.2 Å². The Morgan fingerprint density at radius 3 is 1.90 bits per heavy atom. The summed E-state index contributed by atoms with van der Waals surface area (Å²) in [6.45, 7) is 0. The van der Waals surface area contributed by atoms with E-state index >= 15 is 0 Å². The van der Waals surface area contributed by atoms with Crippen molar-refractivity contribution in [2.75, 3.05) is 0 Å². The molecule has 7 N–H and O–H groups in total. The zero-order valence-corrected chi connectivity index (χ0v) is 20.6. The highest BCUT2D eigenvalue weighted by atomic mass is 16.3. The topological polar surface area (TPSA) is 202 Å². The fourth-order valence-electron chi connectivity index (χ4n) is 4.68. The van der Waals surface area contributed by atoms with Gasteiger partial charge in [0, 0.05) is 35.4 Å². The lowest BCUT2D eigenvalue weighted by Gasteiger charge is -2.15. The van der Waals surface area contributed by atoms with Gasteiger partial charge in [-0.15, -0.1) is 0 Å². The summed E-state index contributed by atoms with van der Waals surface area (Å²) in [4.78, 5) is 27.0. The van der Waals surface area contributed by atoms with Crippen LogP contribution in [0.2, 0.25) is 0 Å². The predicted molar refractivity (Wildman–Crippen MR) is 146 cm³/mol. The first kappa shape index (κ1) is 25.2. The van der Waals surface area contributed by atoms with E-state index in [0.717, 1.165) is 30.3 Å². The molecule has 4 aromatic carbocycles. The molecule has 0 saturated heterocycles. The monoisotopic (exact) mass is 554 g/mol. The molecule has 0 fully saturated rings. The second-order valence-corrected chi connectivity index (χ2v) is 9.19. The van der Waals surface area contributed by atoms with E-state index in [9.17, 15) is 45.3 Å². The Balaban J connectivity index is 1.69. The van der Waals surface area contributed by atoms with Crippen molar-refractivity contribution in [1.82, 2.24) is 0 Å². The highest BCUT2D eigenvalue weighted by Gasteiger charge is 2.28. The van der Waals surface area contributed by atoms with Gasteiger partial charge in [-0.05, 0) is 42.5 Å². The summed E-state index contributed by atoms with van der Waals surface area (Å²) in [5.74, 6) is -3.75. The molecule has 0 amide bonds. The van der Waals surface area contributed by atoms with Gasteiger partial charge in [-0.1, -0.05) is 0 Å². The molecule has 11 heteroatoms. The highest BCUT2D eigenvalue weighted by molar-refractivity contribution is 6.01. The Kier molecular flexibility index (Phi) is 5.52. The van der Waals surface area contributed by atoms with Gasteiger partial charge in [-0.2, -0.15) is 0 Å². The maximum absolute atomic E-state index is 13.8. The zero-order chi connectivity index (χ0) is 29.2. The summed E-state index contributed by atoms with van der Waals surface area (Å²) >= 11 is 0. The van der Waals surface area contributed by atoms with Crippen molar-refractivity contribution in [2.24, 2.45) is 0 Å². The molecule has 0 spiro atoms. The molecule has 6 aromatic rings. The van der Waals surface area contributed by atoms with Gasteiger partial charge in [-0.3, -0.25) is 9.59 Å². The Morgan fingerprint density at radius 1 is 0.512 bits per heavy atom. The summed E-state index contributed by atoms with van der Waals surface area (Å²) in [6.07, 6.45) is 0. The van der Waals surface area contributed by atoms with Crippen LogP contribution in [0.4, 0.5) is 0 Å². The van der Waals surface area contributed by atoms with Crippen LogP contribution < -0.4 is 10.9 Å². The Morgan fingerprint density at radius 2 is 1.20 bits per heavy atom. The smallest absolute Gasteiger partial charge is 0.205 e. The van der Waals surface area contributed by atoms with Gasteiger partial charge in [0.25, 0.3) is 0 Å². The predicted octanol–water partition coefficient (Wildman–Crippen LogP) is 4.84. The molecule has 0 unspecified atom stereocenters. The Labute approximate surface area is 227 Å². The standard InChI is InChI=1S/C30H18O11/c31-14-4-1-12(2-5-14)30-27(29(39)24-18(35)8-15(32)9-22(24)41-30)26-20(37)11-23-25(28(26)38)19(36)10-21(40-23)13-3-6-16(33)17(34)7-13/h1-11,31-35,37-38H. The summed E-state index contributed by atoms with van der Waals surface area (Å²) in [7, 11) is 0. The van der Waals surface area contributed by atoms with Gasteiger partial charge in [-0.25, -0.2) is 0 Å². The lowest BCUT2D eigenvalue weighted by atomic mass is 9.95. The van der Waals surface area contributed by atoms with Crippen molar-refractivity contribution in [3.63, 3.8) is 0 Å². The maximum Gasteiger partial charge on any atom is 0.205 e. The van der Waals surface area contributed by atoms with Crippen molar-refractivity contribution in [3.05, 3.63) is 87.2 Å². The van der Waals surface area contributed by atoms with E-state index in [2.05, 4.69) is 0 Å². The fraction of sp³-hybridized carbons (Fsp3) is 0. The van der Waals surface area contributed by atoms with Crippen LogP contribution in [-0.4, -0.2) is 35.7 Å². The molecule has 0 radical (unpaired) electrons. The Hall–Kier alpha value is -6.10. The number of phenols is 7. The minimum absolute atomic E-state index is 0.0518. The number of phenolic OH excluding ortho intramolecular Hbond substituents is 7. The second-order valence-electron chi connectivity index (χ2n) is 9.19. The quantitative estimate of drug-likeness (QED) is 0.148. The van der Waals surface area contributed by atoms with Crippen LogP contribution in [0.1, 0.15) is 0 Å². The lowest BCUT2D eigenvalue weighted by Crippen LogP contribution is -2.09. The minimum Gasteiger partial charge on any atom is -0.508 e. The first-order chi connectivity index (χ1) is 19.5. The number of hydrogen-bond acceptors (Lipinski definition) is 11. The van der Waals surface area contributed by atoms with Gasteiger partial charge in [0.05, 0.1) is 11.1 Å². The van der Waals surface area contributed by atoms with E-state index in [0.29, 0.717) is 0 Å². The summed E-state index contributed by atoms with van der Waals surface area (Å²) in [5, 5.41) is 71.2.